The number of hydrogen-bond donors (Lipinski definition) is 2. The Morgan fingerprint density at radius 2 is 1.91 bits per heavy atom. The van der Waals surface area contributed by atoms with Crippen LogP contribution in [0.1, 0.15) is 32.3 Å². The molecule has 1 fully saturated rings. The summed E-state index contributed by atoms with van der Waals surface area (Å²) in [6, 6.07) is 6.75. The van der Waals surface area contributed by atoms with Gasteiger partial charge in [0.05, 0.1) is 29.5 Å². The zero-order valence-corrected chi connectivity index (χ0v) is 20.6. The van der Waals surface area contributed by atoms with Crippen molar-refractivity contribution in [1.29, 1.82) is 0 Å². The number of benzene rings is 1. The van der Waals surface area contributed by atoms with Crippen molar-refractivity contribution < 1.29 is 18.3 Å². The van der Waals surface area contributed by atoms with Crippen molar-refractivity contribution in [2.24, 2.45) is 0 Å². The molecule has 0 aliphatic carbocycles. The quantitative estimate of drug-likeness (QED) is 0.372. The van der Waals surface area contributed by atoms with E-state index in [1.165, 1.54) is 12.1 Å². The van der Waals surface area contributed by atoms with Crippen LogP contribution in [0.2, 0.25) is 0 Å². The second kappa shape index (κ2) is 10.1. The molecule has 1 unspecified atom stereocenters. The maximum atomic E-state index is 14.8. The van der Waals surface area contributed by atoms with E-state index in [9.17, 15) is 18.4 Å². The fraction of sp³-hybridized carbons (Fsp3) is 0.318. The summed E-state index contributed by atoms with van der Waals surface area (Å²) in [5.41, 5.74) is 0.0600. The van der Waals surface area contributed by atoms with Gasteiger partial charge >= 0.3 is 6.09 Å². The number of rotatable bonds is 6. The predicted molar refractivity (Wildman–Crippen MR) is 133 cm³/mol. The van der Waals surface area contributed by atoms with E-state index in [4.69, 9.17) is 17.0 Å². The van der Waals surface area contributed by atoms with Crippen molar-refractivity contribution in [3.63, 3.8) is 0 Å². The van der Waals surface area contributed by atoms with Gasteiger partial charge in [0.15, 0.2) is 11.6 Å². The molecular formula is C22H22F2IN3O3S. The number of thiocarbonyl (C=S) groups is 1. The largest absolute Gasteiger partial charge is 0.442 e. The van der Waals surface area contributed by atoms with E-state index >= 15 is 0 Å². The molecular weight excluding hydrogens is 551 g/mol. The maximum absolute atomic E-state index is 14.8. The van der Waals surface area contributed by atoms with Gasteiger partial charge in [-0.05, 0) is 59.2 Å². The Morgan fingerprint density at radius 1 is 1.25 bits per heavy atom. The standard InChI is InChI=1S/C22H22F2IN3O3S/c1-11(2)15-8-20(29)19(5-4-18(15)25)27-21-16(23)6-13(7-17(21)24)28-10-14(31-22(28)30)9-26-12(3)32/h4-8,11,14H,9-10H2,1-3H3,(H,26,32)(H,27,29). The van der Waals surface area contributed by atoms with Crippen molar-refractivity contribution in [2.45, 2.75) is 32.8 Å². The van der Waals surface area contributed by atoms with Crippen LogP contribution < -0.4 is 21.0 Å². The number of nitrogens with zero attached hydrogens (tertiary/aromatic N) is 1. The molecule has 0 aromatic heterocycles. The van der Waals surface area contributed by atoms with Gasteiger partial charge in [0, 0.05) is 15.7 Å². The molecule has 10 heteroatoms. The van der Waals surface area contributed by atoms with Gasteiger partial charge < -0.3 is 15.4 Å². The van der Waals surface area contributed by atoms with Gasteiger partial charge in [-0.2, -0.15) is 0 Å². The molecule has 1 amide bonds. The molecule has 0 radical (unpaired) electrons. The summed E-state index contributed by atoms with van der Waals surface area (Å²) in [6.45, 7) is 6.04. The number of amides is 1. The first kappa shape index (κ1) is 24.3. The molecule has 2 N–H and O–H groups in total. The smallest absolute Gasteiger partial charge is 0.414 e. The van der Waals surface area contributed by atoms with Crippen LogP contribution in [0.5, 0.6) is 0 Å². The van der Waals surface area contributed by atoms with Crippen LogP contribution in [0.3, 0.4) is 0 Å². The Kier molecular flexibility index (Phi) is 7.65. The second-order valence-corrected chi connectivity index (χ2v) is 9.45. The molecule has 32 heavy (non-hydrogen) atoms. The van der Waals surface area contributed by atoms with E-state index in [2.05, 4.69) is 33.2 Å². The highest BCUT2D eigenvalue weighted by atomic mass is 127. The molecule has 1 saturated heterocycles. The van der Waals surface area contributed by atoms with Gasteiger partial charge in [0.1, 0.15) is 11.8 Å². The molecule has 0 bridgehead atoms. The summed E-state index contributed by atoms with van der Waals surface area (Å²) in [7, 11) is 0. The van der Waals surface area contributed by atoms with Crippen molar-refractivity contribution in [3.05, 3.63) is 61.3 Å². The summed E-state index contributed by atoms with van der Waals surface area (Å²) in [4.78, 5) is 26.5. The zero-order valence-electron chi connectivity index (χ0n) is 17.7. The molecule has 2 aromatic rings. The van der Waals surface area contributed by atoms with Gasteiger partial charge in [-0.15, -0.1) is 0 Å². The molecule has 170 valence electrons. The number of carbonyl (C=O) groups excluding carboxylic acids is 1. The van der Waals surface area contributed by atoms with Crippen LogP contribution >= 0.6 is 34.8 Å². The zero-order chi connectivity index (χ0) is 23.6. The highest BCUT2D eigenvalue weighted by molar-refractivity contribution is 14.1. The molecule has 1 aliphatic rings. The van der Waals surface area contributed by atoms with E-state index in [-0.39, 0.29) is 29.3 Å². The lowest BCUT2D eigenvalue weighted by atomic mass is 10.1. The van der Waals surface area contributed by atoms with Crippen LogP contribution in [0.25, 0.3) is 0 Å². The third kappa shape index (κ3) is 5.52. The summed E-state index contributed by atoms with van der Waals surface area (Å²) in [5, 5.41) is 5.47. The first-order valence-corrected chi connectivity index (χ1v) is 11.4. The van der Waals surface area contributed by atoms with E-state index in [0.29, 0.717) is 11.5 Å². The van der Waals surface area contributed by atoms with Crippen LogP contribution in [0.4, 0.5) is 30.6 Å². The molecule has 0 spiro atoms. The Bertz CT molecular complexity index is 1110. The number of carbonyl (C=O) groups is 1. The first-order chi connectivity index (χ1) is 15.1. The minimum atomic E-state index is -0.936. The SMILES string of the molecule is CC(=S)NCC1CN(c2cc(F)c(Nc3ccc(I)c(C(C)C)cc3=O)c(F)c2)C(=O)O1. The van der Waals surface area contributed by atoms with Crippen LogP contribution in [0.15, 0.2) is 35.1 Å². The summed E-state index contributed by atoms with van der Waals surface area (Å²) >= 11 is 7.05. The Hall–Kier alpha value is -2.34. The van der Waals surface area contributed by atoms with Crippen LogP contribution in [-0.4, -0.2) is 30.3 Å². The fourth-order valence-corrected chi connectivity index (χ4v) is 4.28. The minimum absolute atomic E-state index is 0.0229. The molecule has 6 nitrogen and oxygen atoms in total. The van der Waals surface area contributed by atoms with Gasteiger partial charge in [-0.25, -0.2) is 13.6 Å². The van der Waals surface area contributed by atoms with Gasteiger partial charge in [-0.3, -0.25) is 9.69 Å². The third-order valence-electron chi connectivity index (χ3n) is 4.90. The number of cyclic esters (lactones) is 1. The normalized spacial score (nSPS) is 15.7. The van der Waals surface area contributed by atoms with E-state index in [0.717, 1.165) is 26.2 Å². The number of nitrogens with one attached hydrogen (secondary N) is 2. The summed E-state index contributed by atoms with van der Waals surface area (Å²) in [5.74, 6) is -1.75. The molecule has 3 rings (SSSR count). The lowest BCUT2D eigenvalue weighted by Crippen LogP contribution is -2.32. The summed E-state index contributed by atoms with van der Waals surface area (Å²) in [6.07, 6.45) is -1.21. The average Bonchev–Trinajstić information content (AvgIpc) is 3.02. The van der Waals surface area contributed by atoms with Gasteiger partial charge in [0.2, 0.25) is 5.43 Å². The highest BCUT2D eigenvalue weighted by Gasteiger charge is 2.33. The Balaban J connectivity index is 1.86. The molecule has 1 aliphatic heterocycles. The number of anilines is 3. The van der Waals surface area contributed by atoms with Crippen LogP contribution in [0, 0.1) is 15.2 Å². The highest BCUT2D eigenvalue weighted by Crippen LogP contribution is 2.30. The van der Waals surface area contributed by atoms with Crippen molar-refractivity contribution in [2.75, 3.05) is 23.3 Å². The van der Waals surface area contributed by atoms with E-state index in [1.807, 2.05) is 13.8 Å². The second-order valence-electron chi connectivity index (χ2n) is 7.68. The lowest BCUT2D eigenvalue weighted by molar-refractivity contribution is 0.143. The minimum Gasteiger partial charge on any atom is -0.442 e. The molecule has 1 heterocycles. The topological polar surface area (TPSA) is 70.7 Å². The number of hydrogen-bond acceptors (Lipinski definition) is 5. The third-order valence-corrected chi connectivity index (χ3v) is 6.02. The van der Waals surface area contributed by atoms with Crippen molar-refractivity contribution in [1.82, 2.24) is 5.32 Å². The van der Waals surface area contributed by atoms with Crippen molar-refractivity contribution >= 4 is 63.0 Å². The molecule has 1 atom stereocenters. The molecule has 0 saturated carbocycles. The first-order valence-electron chi connectivity index (χ1n) is 9.89. The Morgan fingerprint density at radius 3 is 2.50 bits per heavy atom. The van der Waals surface area contributed by atoms with Crippen LogP contribution in [-0.2, 0) is 4.74 Å². The number of ether oxygens (including phenoxy) is 1. The lowest BCUT2D eigenvalue weighted by Gasteiger charge is -2.16. The van der Waals surface area contributed by atoms with Gasteiger partial charge in [-0.1, -0.05) is 26.1 Å². The monoisotopic (exact) mass is 573 g/mol. The number of halogens is 3. The van der Waals surface area contributed by atoms with E-state index in [1.54, 1.807) is 13.0 Å². The Labute approximate surface area is 203 Å². The van der Waals surface area contributed by atoms with Gasteiger partial charge in [0.25, 0.3) is 0 Å². The molecule has 2 aromatic carbocycles. The average molecular weight is 573 g/mol. The summed E-state index contributed by atoms with van der Waals surface area (Å²) < 4.78 is 35.7. The predicted octanol–water partition coefficient (Wildman–Crippen LogP) is 5.06. The fourth-order valence-electron chi connectivity index (χ4n) is 3.23. The van der Waals surface area contributed by atoms with Crippen molar-refractivity contribution in [3.8, 4) is 0 Å². The maximum Gasteiger partial charge on any atom is 0.414 e. The van der Waals surface area contributed by atoms with E-state index < -0.39 is 29.5 Å².